The number of amides is 1. The predicted molar refractivity (Wildman–Crippen MR) is 66.0 cm³/mol. The van der Waals surface area contributed by atoms with Crippen LogP contribution in [0.4, 0.5) is 11.8 Å². The molecule has 0 aromatic carbocycles. The second kappa shape index (κ2) is 4.99. The van der Waals surface area contributed by atoms with Crippen LogP contribution in [-0.2, 0) is 4.79 Å². The molecule has 17 heavy (non-hydrogen) atoms. The molecule has 0 radical (unpaired) electrons. The van der Waals surface area contributed by atoms with E-state index in [0.29, 0.717) is 12.5 Å². The van der Waals surface area contributed by atoms with Gasteiger partial charge < -0.3 is 15.1 Å². The summed E-state index contributed by atoms with van der Waals surface area (Å²) in [5, 5.41) is 2.90. The summed E-state index contributed by atoms with van der Waals surface area (Å²) in [4.78, 5) is 24.0. The highest BCUT2D eigenvalue weighted by atomic mass is 16.2. The number of hydrogen-bond acceptors (Lipinski definition) is 5. The Hall–Kier alpha value is -1.85. The third kappa shape index (κ3) is 2.64. The van der Waals surface area contributed by atoms with E-state index in [-0.39, 0.29) is 5.91 Å². The van der Waals surface area contributed by atoms with Crippen LogP contribution < -0.4 is 10.2 Å². The number of rotatable bonds is 2. The number of anilines is 2. The molecule has 1 fully saturated rings. The molecule has 6 nitrogen and oxygen atoms in total. The standard InChI is InChI=1S/C11H17N5O/c1-12-11-13-5-4-9(14-11)16-7-3-6-15(2)10(17)8-16/h4-5H,3,6-8H2,1-2H3,(H,12,13,14). The molecule has 0 unspecified atom stereocenters. The molecule has 1 aliphatic rings. The fourth-order valence-electron chi connectivity index (χ4n) is 1.83. The Labute approximate surface area is 101 Å². The highest BCUT2D eigenvalue weighted by molar-refractivity contribution is 5.81. The first-order chi connectivity index (χ1) is 8.20. The number of nitrogens with one attached hydrogen (secondary N) is 1. The van der Waals surface area contributed by atoms with E-state index in [9.17, 15) is 4.79 Å². The summed E-state index contributed by atoms with van der Waals surface area (Å²) >= 11 is 0. The van der Waals surface area contributed by atoms with Crippen molar-refractivity contribution in [2.24, 2.45) is 0 Å². The minimum atomic E-state index is 0.132. The first kappa shape index (κ1) is 11.6. The molecule has 1 N–H and O–H groups in total. The summed E-state index contributed by atoms with van der Waals surface area (Å²) in [6.07, 6.45) is 2.66. The summed E-state index contributed by atoms with van der Waals surface area (Å²) in [7, 11) is 3.62. The van der Waals surface area contributed by atoms with Crippen molar-refractivity contribution >= 4 is 17.7 Å². The molecule has 1 aliphatic heterocycles. The zero-order chi connectivity index (χ0) is 12.3. The van der Waals surface area contributed by atoms with Crippen molar-refractivity contribution in [2.75, 3.05) is 43.9 Å². The maximum Gasteiger partial charge on any atom is 0.241 e. The van der Waals surface area contributed by atoms with Crippen molar-refractivity contribution in [3.8, 4) is 0 Å². The second-order valence-electron chi connectivity index (χ2n) is 4.08. The Morgan fingerprint density at radius 3 is 3.00 bits per heavy atom. The minimum absolute atomic E-state index is 0.132. The molecule has 92 valence electrons. The molecule has 1 aromatic heterocycles. The van der Waals surface area contributed by atoms with Crippen LogP contribution in [0.25, 0.3) is 0 Å². The molecule has 1 amide bonds. The smallest absolute Gasteiger partial charge is 0.241 e. The average molecular weight is 235 g/mol. The van der Waals surface area contributed by atoms with Crippen LogP contribution in [0.5, 0.6) is 0 Å². The molecule has 0 saturated carbocycles. The van der Waals surface area contributed by atoms with E-state index in [1.54, 1.807) is 18.1 Å². The Morgan fingerprint density at radius 2 is 2.24 bits per heavy atom. The molecule has 1 aromatic rings. The van der Waals surface area contributed by atoms with E-state index in [0.717, 1.165) is 25.3 Å². The Bertz CT molecular complexity index is 409. The van der Waals surface area contributed by atoms with E-state index < -0.39 is 0 Å². The summed E-state index contributed by atoms with van der Waals surface area (Å²) in [6.45, 7) is 2.03. The zero-order valence-electron chi connectivity index (χ0n) is 10.2. The number of hydrogen-bond donors (Lipinski definition) is 1. The first-order valence-corrected chi connectivity index (χ1v) is 5.70. The first-order valence-electron chi connectivity index (χ1n) is 5.70. The molecular formula is C11H17N5O. The van der Waals surface area contributed by atoms with Crippen LogP contribution in [0, 0.1) is 0 Å². The van der Waals surface area contributed by atoms with E-state index in [1.807, 2.05) is 18.0 Å². The lowest BCUT2D eigenvalue weighted by Crippen LogP contribution is -2.34. The molecule has 0 bridgehead atoms. The monoisotopic (exact) mass is 235 g/mol. The van der Waals surface area contributed by atoms with Gasteiger partial charge in [0.2, 0.25) is 11.9 Å². The third-order valence-electron chi connectivity index (χ3n) is 2.86. The Morgan fingerprint density at radius 1 is 1.41 bits per heavy atom. The zero-order valence-corrected chi connectivity index (χ0v) is 10.2. The molecule has 2 rings (SSSR count). The molecule has 2 heterocycles. The average Bonchev–Trinajstić information content (AvgIpc) is 2.52. The third-order valence-corrected chi connectivity index (χ3v) is 2.86. The van der Waals surface area contributed by atoms with E-state index in [4.69, 9.17) is 0 Å². The Kier molecular flexibility index (Phi) is 3.41. The molecule has 0 spiro atoms. The van der Waals surface area contributed by atoms with Crippen LogP contribution >= 0.6 is 0 Å². The maximum absolute atomic E-state index is 11.8. The van der Waals surface area contributed by atoms with E-state index in [1.165, 1.54) is 0 Å². The summed E-state index contributed by atoms with van der Waals surface area (Å²) in [5.74, 6) is 1.51. The van der Waals surface area contributed by atoms with Crippen molar-refractivity contribution in [2.45, 2.75) is 6.42 Å². The van der Waals surface area contributed by atoms with Crippen LogP contribution in [0.15, 0.2) is 12.3 Å². The van der Waals surface area contributed by atoms with Gasteiger partial charge in [-0.1, -0.05) is 0 Å². The fraction of sp³-hybridized carbons (Fsp3) is 0.545. The van der Waals surface area contributed by atoms with Crippen LogP contribution in [0.2, 0.25) is 0 Å². The molecular weight excluding hydrogens is 218 g/mol. The van der Waals surface area contributed by atoms with Gasteiger partial charge in [-0.3, -0.25) is 4.79 Å². The molecule has 6 heteroatoms. The van der Waals surface area contributed by atoms with Gasteiger partial charge >= 0.3 is 0 Å². The number of carbonyl (C=O) groups is 1. The molecule has 0 aliphatic carbocycles. The Balaban J connectivity index is 2.17. The quantitative estimate of drug-likeness (QED) is 0.792. The number of nitrogens with zero attached hydrogens (tertiary/aromatic N) is 4. The van der Waals surface area contributed by atoms with E-state index >= 15 is 0 Å². The lowest BCUT2D eigenvalue weighted by atomic mass is 10.4. The van der Waals surface area contributed by atoms with Crippen LogP contribution in [0.1, 0.15) is 6.42 Å². The number of aromatic nitrogens is 2. The maximum atomic E-state index is 11.8. The van der Waals surface area contributed by atoms with Gasteiger partial charge in [-0.05, 0) is 12.5 Å². The molecule has 1 saturated heterocycles. The summed E-state index contributed by atoms with van der Waals surface area (Å²) < 4.78 is 0. The van der Waals surface area contributed by atoms with Crippen LogP contribution in [-0.4, -0.2) is 54.5 Å². The predicted octanol–water partition coefficient (Wildman–Crippen LogP) is 0.187. The fourth-order valence-corrected chi connectivity index (χ4v) is 1.83. The molecule has 0 atom stereocenters. The van der Waals surface area contributed by atoms with Crippen molar-refractivity contribution in [1.29, 1.82) is 0 Å². The van der Waals surface area contributed by atoms with Gasteiger partial charge in [0, 0.05) is 33.4 Å². The van der Waals surface area contributed by atoms with Crippen LogP contribution in [0.3, 0.4) is 0 Å². The van der Waals surface area contributed by atoms with Gasteiger partial charge in [-0.2, -0.15) is 4.98 Å². The lowest BCUT2D eigenvalue weighted by molar-refractivity contribution is -0.127. The van der Waals surface area contributed by atoms with Crippen molar-refractivity contribution < 1.29 is 4.79 Å². The summed E-state index contributed by atoms with van der Waals surface area (Å²) in [6, 6.07) is 1.83. The van der Waals surface area contributed by atoms with Gasteiger partial charge in [0.15, 0.2) is 0 Å². The van der Waals surface area contributed by atoms with E-state index in [2.05, 4.69) is 15.3 Å². The van der Waals surface area contributed by atoms with Gasteiger partial charge in [-0.25, -0.2) is 4.98 Å². The lowest BCUT2D eigenvalue weighted by Gasteiger charge is -2.20. The van der Waals surface area contributed by atoms with Gasteiger partial charge in [-0.15, -0.1) is 0 Å². The largest absolute Gasteiger partial charge is 0.357 e. The SMILES string of the molecule is CNc1nccc(N2CCCN(C)C(=O)C2)n1. The van der Waals surface area contributed by atoms with Crippen molar-refractivity contribution in [3.05, 3.63) is 12.3 Å². The normalized spacial score (nSPS) is 16.9. The van der Waals surface area contributed by atoms with Gasteiger partial charge in [0.25, 0.3) is 0 Å². The second-order valence-corrected chi connectivity index (χ2v) is 4.08. The summed E-state index contributed by atoms with van der Waals surface area (Å²) in [5.41, 5.74) is 0. The number of likely N-dealkylation sites (N-methyl/N-ethyl adjacent to an activating group) is 1. The highest BCUT2D eigenvalue weighted by Gasteiger charge is 2.19. The minimum Gasteiger partial charge on any atom is -0.357 e. The number of carbonyl (C=O) groups excluding carboxylic acids is 1. The van der Waals surface area contributed by atoms with Crippen molar-refractivity contribution in [3.63, 3.8) is 0 Å². The van der Waals surface area contributed by atoms with Gasteiger partial charge in [0.1, 0.15) is 5.82 Å². The van der Waals surface area contributed by atoms with Crippen molar-refractivity contribution in [1.82, 2.24) is 14.9 Å². The topological polar surface area (TPSA) is 61.4 Å². The highest BCUT2D eigenvalue weighted by Crippen LogP contribution is 2.14. The van der Waals surface area contributed by atoms with Gasteiger partial charge in [0.05, 0.1) is 6.54 Å².